The van der Waals surface area contributed by atoms with Crippen molar-refractivity contribution in [1.29, 1.82) is 0 Å². The molecule has 9 heteroatoms. The van der Waals surface area contributed by atoms with Crippen LogP contribution in [0.5, 0.6) is 0 Å². The summed E-state index contributed by atoms with van der Waals surface area (Å²) < 4.78 is 53.1. The second kappa shape index (κ2) is 5.55. The number of hydrogen-bond acceptors (Lipinski definition) is 5. The van der Waals surface area contributed by atoms with E-state index in [1.165, 1.54) is 19.2 Å². The van der Waals surface area contributed by atoms with Crippen LogP contribution in [0.2, 0.25) is 0 Å². The van der Waals surface area contributed by atoms with Gasteiger partial charge >= 0.3 is 0 Å². The standard InChI is InChI=1S/C16H14F2N4O2S/c1-2-25(23,24)15-5-9(8-19-21-15)16-20-13-6-11(17)12(18)7-14(13)22(16)10-3-4-10/h5-8,10H,2-4H2,1H3. The number of aromatic nitrogens is 4. The Labute approximate surface area is 142 Å². The largest absolute Gasteiger partial charge is 0.321 e. The minimum absolute atomic E-state index is 0.0966. The number of nitrogens with zero attached hydrogens (tertiary/aromatic N) is 4. The van der Waals surface area contributed by atoms with Gasteiger partial charge in [-0.2, -0.15) is 5.10 Å². The molecule has 1 aromatic carbocycles. The summed E-state index contributed by atoms with van der Waals surface area (Å²) in [4.78, 5) is 4.39. The number of benzene rings is 1. The summed E-state index contributed by atoms with van der Waals surface area (Å²) in [5, 5.41) is 7.32. The van der Waals surface area contributed by atoms with Crippen molar-refractivity contribution in [3.8, 4) is 11.4 Å². The van der Waals surface area contributed by atoms with Gasteiger partial charge in [-0.3, -0.25) is 0 Å². The van der Waals surface area contributed by atoms with Gasteiger partial charge in [0.1, 0.15) is 5.82 Å². The Morgan fingerprint density at radius 1 is 1.20 bits per heavy atom. The molecule has 0 bridgehead atoms. The van der Waals surface area contributed by atoms with Crippen LogP contribution in [0.25, 0.3) is 22.4 Å². The van der Waals surface area contributed by atoms with Crippen LogP contribution in [0.3, 0.4) is 0 Å². The first-order valence-corrected chi connectivity index (χ1v) is 9.49. The van der Waals surface area contributed by atoms with Crippen molar-refractivity contribution in [3.63, 3.8) is 0 Å². The molecule has 25 heavy (non-hydrogen) atoms. The molecule has 4 rings (SSSR count). The summed E-state index contributed by atoms with van der Waals surface area (Å²) in [6.07, 6.45) is 3.20. The van der Waals surface area contributed by atoms with E-state index in [-0.39, 0.29) is 16.8 Å². The van der Waals surface area contributed by atoms with Gasteiger partial charge in [-0.1, -0.05) is 6.92 Å². The molecule has 1 fully saturated rings. The summed E-state index contributed by atoms with van der Waals surface area (Å²) >= 11 is 0. The third-order valence-corrected chi connectivity index (χ3v) is 5.83. The smallest absolute Gasteiger partial charge is 0.197 e. The second-order valence-corrected chi connectivity index (χ2v) is 8.20. The highest BCUT2D eigenvalue weighted by Crippen LogP contribution is 2.41. The van der Waals surface area contributed by atoms with Crippen LogP contribution < -0.4 is 0 Å². The van der Waals surface area contributed by atoms with Crippen molar-refractivity contribution in [1.82, 2.24) is 19.7 Å². The molecule has 1 saturated carbocycles. The minimum Gasteiger partial charge on any atom is -0.321 e. The zero-order valence-corrected chi connectivity index (χ0v) is 14.1. The van der Waals surface area contributed by atoms with E-state index in [0.29, 0.717) is 22.4 Å². The van der Waals surface area contributed by atoms with Gasteiger partial charge in [-0.15, -0.1) is 5.10 Å². The van der Waals surface area contributed by atoms with Crippen molar-refractivity contribution in [2.45, 2.75) is 30.8 Å². The highest BCUT2D eigenvalue weighted by molar-refractivity contribution is 7.91. The molecule has 0 N–H and O–H groups in total. The van der Waals surface area contributed by atoms with E-state index in [2.05, 4.69) is 15.2 Å². The molecule has 1 aliphatic carbocycles. The van der Waals surface area contributed by atoms with Gasteiger partial charge in [0.2, 0.25) is 0 Å². The normalized spacial score (nSPS) is 15.0. The van der Waals surface area contributed by atoms with Gasteiger partial charge in [0, 0.05) is 23.7 Å². The topological polar surface area (TPSA) is 77.7 Å². The average molecular weight is 364 g/mol. The van der Waals surface area contributed by atoms with Gasteiger partial charge in [-0.25, -0.2) is 22.2 Å². The van der Waals surface area contributed by atoms with Gasteiger partial charge in [0.15, 0.2) is 26.5 Å². The van der Waals surface area contributed by atoms with Crippen LogP contribution in [0.1, 0.15) is 25.8 Å². The molecule has 0 saturated heterocycles. The summed E-state index contributed by atoms with van der Waals surface area (Å²) in [5.41, 5.74) is 1.25. The number of hydrogen-bond donors (Lipinski definition) is 0. The molecular weight excluding hydrogens is 350 g/mol. The van der Waals surface area contributed by atoms with Crippen molar-refractivity contribution in [2.75, 3.05) is 5.75 Å². The van der Waals surface area contributed by atoms with Gasteiger partial charge in [-0.05, 0) is 18.9 Å². The predicted octanol–water partition coefficient (Wildman–Crippen LogP) is 2.90. The van der Waals surface area contributed by atoms with Crippen molar-refractivity contribution in [2.24, 2.45) is 0 Å². The first-order valence-electron chi connectivity index (χ1n) is 7.83. The number of fused-ring (bicyclic) bond motifs is 1. The van der Waals surface area contributed by atoms with E-state index < -0.39 is 21.5 Å². The molecule has 0 radical (unpaired) electrons. The first-order chi connectivity index (χ1) is 11.9. The summed E-state index contributed by atoms with van der Waals surface area (Å²) in [5.74, 6) is -1.57. The third-order valence-electron chi connectivity index (χ3n) is 4.23. The maximum Gasteiger partial charge on any atom is 0.197 e. The van der Waals surface area contributed by atoms with Crippen LogP contribution in [-0.4, -0.2) is 33.9 Å². The Morgan fingerprint density at radius 2 is 1.92 bits per heavy atom. The number of sulfone groups is 1. The Kier molecular flexibility index (Phi) is 3.57. The lowest BCUT2D eigenvalue weighted by atomic mass is 10.3. The number of rotatable bonds is 4. The Morgan fingerprint density at radius 3 is 2.60 bits per heavy atom. The molecule has 1 aliphatic rings. The fraction of sp³-hybridized carbons (Fsp3) is 0.312. The van der Waals surface area contributed by atoms with Gasteiger partial charge in [0.25, 0.3) is 0 Å². The molecule has 0 aliphatic heterocycles. The van der Waals surface area contributed by atoms with E-state index in [9.17, 15) is 17.2 Å². The molecule has 0 atom stereocenters. The lowest BCUT2D eigenvalue weighted by molar-refractivity contribution is 0.510. The van der Waals surface area contributed by atoms with E-state index in [0.717, 1.165) is 25.0 Å². The lowest BCUT2D eigenvalue weighted by Crippen LogP contribution is -2.08. The third kappa shape index (κ3) is 2.68. The molecule has 0 amide bonds. The highest BCUT2D eigenvalue weighted by Gasteiger charge is 2.30. The Balaban J connectivity index is 1.95. The number of halogens is 2. The maximum atomic E-state index is 13.7. The molecule has 3 aromatic rings. The van der Waals surface area contributed by atoms with Crippen LogP contribution in [0.15, 0.2) is 29.4 Å². The molecule has 2 heterocycles. The number of imidazole rings is 1. The average Bonchev–Trinajstić information content (AvgIpc) is 3.37. The second-order valence-electron chi connectivity index (χ2n) is 5.98. The minimum atomic E-state index is -3.52. The lowest BCUT2D eigenvalue weighted by Gasteiger charge is -2.08. The summed E-state index contributed by atoms with van der Waals surface area (Å²) in [7, 11) is -3.52. The molecule has 0 unspecified atom stereocenters. The van der Waals surface area contributed by atoms with Crippen molar-refractivity contribution < 1.29 is 17.2 Å². The monoisotopic (exact) mass is 364 g/mol. The van der Waals surface area contributed by atoms with Gasteiger partial charge < -0.3 is 4.57 Å². The molecule has 6 nitrogen and oxygen atoms in total. The van der Waals surface area contributed by atoms with Crippen molar-refractivity contribution in [3.05, 3.63) is 36.0 Å². The van der Waals surface area contributed by atoms with E-state index in [1.54, 1.807) is 0 Å². The zero-order valence-electron chi connectivity index (χ0n) is 13.3. The molecule has 0 spiro atoms. The fourth-order valence-corrected chi connectivity index (χ4v) is 3.54. The van der Waals surface area contributed by atoms with Crippen LogP contribution in [0.4, 0.5) is 8.78 Å². The fourth-order valence-electron chi connectivity index (χ4n) is 2.77. The highest BCUT2D eigenvalue weighted by atomic mass is 32.2. The SMILES string of the molecule is CCS(=O)(=O)c1cc(-c2nc3cc(F)c(F)cc3n2C2CC2)cnn1. The predicted molar refractivity (Wildman–Crippen MR) is 86.7 cm³/mol. The van der Waals surface area contributed by atoms with Gasteiger partial charge in [0.05, 0.1) is 23.0 Å². The summed E-state index contributed by atoms with van der Waals surface area (Å²) in [6, 6.07) is 3.70. The van der Waals surface area contributed by atoms with Crippen LogP contribution in [0, 0.1) is 11.6 Å². The maximum absolute atomic E-state index is 13.7. The van der Waals surface area contributed by atoms with Crippen molar-refractivity contribution >= 4 is 20.9 Å². The Bertz CT molecular complexity index is 1090. The van der Waals surface area contributed by atoms with E-state index >= 15 is 0 Å². The summed E-state index contributed by atoms with van der Waals surface area (Å²) in [6.45, 7) is 1.52. The quantitative estimate of drug-likeness (QED) is 0.711. The van der Waals surface area contributed by atoms with Crippen LogP contribution in [-0.2, 0) is 9.84 Å². The van der Waals surface area contributed by atoms with E-state index in [1.807, 2.05) is 4.57 Å². The molecular formula is C16H14F2N4O2S. The molecule has 130 valence electrons. The molecule has 2 aromatic heterocycles. The van der Waals surface area contributed by atoms with E-state index in [4.69, 9.17) is 0 Å². The first kappa shape index (κ1) is 16.1. The Hall–Kier alpha value is -2.42. The zero-order chi connectivity index (χ0) is 17.8. The van der Waals surface area contributed by atoms with Crippen LogP contribution >= 0.6 is 0 Å².